The van der Waals surface area contributed by atoms with Crippen LogP contribution in [0.3, 0.4) is 0 Å². The molecule has 1 heterocycles. The van der Waals surface area contributed by atoms with Crippen molar-refractivity contribution in [3.8, 4) is 0 Å². The molecule has 0 spiro atoms. The molecule has 0 radical (unpaired) electrons. The summed E-state index contributed by atoms with van der Waals surface area (Å²) in [5.74, 6) is 0. The highest BCUT2D eigenvalue weighted by molar-refractivity contribution is 5.77. The van der Waals surface area contributed by atoms with Crippen LogP contribution >= 0.6 is 0 Å². The van der Waals surface area contributed by atoms with E-state index in [1.807, 2.05) is 4.90 Å². The predicted molar refractivity (Wildman–Crippen MR) is 56.6 cm³/mol. The highest BCUT2D eigenvalue weighted by Gasteiger charge is 2.34. The summed E-state index contributed by atoms with van der Waals surface area (Å²) in [5.41, 5.74) is 0. The van der Waals surface area contributed by atoms with Gasteiger partial charge in [-0.1, -0.05) is 12.8 Å². The van der Waals surface area contributed by atoms with Gasteiger partial charge < -0.3 is 14.6 Å². The molecule has 0 bridgehead atoms. The lowest BCUT2D eigenvalue weighted by Crippen LogP contribution is -2.38. The normalized spacial score (nSPS) is 22.8. The van der Waals surface area contributed by atoms with Crippen molar-refractivity contribution in [3.63, 3.8) is 0 Å². The summed E-state index contributed by atoms with van der Waals surface area (Å²) < 4.78 is 0. The molecular formula is C11H18N2O2. The average molecular weight is 210 g/mol. The van der Waals surface area contributed by atoms with Gasteiger partial charge in [0.15, 0.2) is 0 Å². The topological polar surface area (TPSA) is 40.6 Å². The monoisotopic (exact) mass is 210 g/mol. The number of carbonyl (C=O) groups is 2. The first-order chi connectivity index (χ1) is 7.33. The van der Waals surface area contributed by atoms with E-state index in [9.17, 15) is 9.59 Å². The Balaban J connectivity index is 1.88. The number of rotatable bonds is 4. The maximum atomic E-state index is 11.9. The average Bonchev–Trinajstić information content (AvgIpc) is 2.84. The molecule has 1 saturated carbocycles. The Morgan fingerprint density at radius 3 is 2.67 bits per heavy atom. The van der Waals surface area contributed by atoms with Crippen LogP contribution in [-0.4, -0.2) is 47.8 Å². The summed E-state index contributed by atoms with van der Waals surface area (Å²) >= 11 is 0. The number of nitrogens with zero attached hydrogens (tertiary/aromatic N) is 2. The number of carbonyl (C=O) groups excluding carboxylic acids is 2. The first-order valence-electron chi connectivity index (χ1n) is 5.82. The first-order valence-corrected chi connectivity index (χ1v) is 5.82. The molecule has 2 rings (SSSR count). The highest BCUT2D eigenvalue weighted by atomic mass is 16.2. The van der Waals surface area contributed by atoms with Gasteiger partial charge in [-0.25, -0.2) is 4.79 Å². The van der Waals surface area contributed by atoms with Gasteiger partial charge in [0.1, 0.15) is 6.29 Å². The fraction of sp³-hybridized carbons (Fsp3) is 0.818. The first kappa shape index (κ1) is 10.5. The molecule has 1 saturated heterocycles. The van der Waals surface area contributed by atoms with Crippen LogP contribution < -0.4 is 0 Å². The zero-order chi connectivity index (χ0) is 10.7. The quantitative estimate of drug-likeness (QED) is 0.655. The molecule has 2 fully saturated rings. The van der Waals surface area contributed by atoms with E-state index in [0.717, 1.165) is 32.2 Å². The molecule has 0 unspecified atom stereocenters. The molecule has 0 atom stereocenters. The lowest BCUT2D eigenvalue weighted by molar-refractivity contribution is -0.108. The standard InChI is InChI=1S/C11H18N2O2/c14-9-3-6-12-7-8-13(11(12)15)10-4-1-2-5-10/h9-10H,1-8H2. The van der Waals surface area contributed by atoms with Crippen molar-refractivity contribution >= 4 is 12.3 Å². The molecule has 0 aromatic heterocycles. The fourth-order valence-electron chi connectivity index (χ4n) is 2.57. The van der Waals surface area contributed by atoms with Crippen LogP contribution in [0.15, 0.2) is 0 Å². The third-order valence-corrected chi connectivity index (χ3v) is 3.41. The maximum absolute atomic E-state index is 11.9. The number of aldehydes is 1. The van der Waals surface area contributed by atoms with Gasteiger partial charge in [0.25, 0.3) is 0 Å². The molecule has 1 aliphatic heterocycles. The van der Waals surface area contributed by atoms with E-state index in [-0.39, 0.29) is 6.03 Å². The van der Waals surface area contributed by atoms with Crippen LogP contribution in [0.5, 0.6) is 0 Å². The smallest absolute Gasteiger partial charge is 0.320 e. The SMILES string of the molecule is O=CCCN1CCN(C2CCCC2)C1=O. The molecule has 2 amide bonds. The van der Waals surface area contributed by atoms with Crippen LogP contribution in [0.4, 0.5) is 4.79 Å². The number of urea groups is 1. The van der Waals surface area contributed by atoms with Gasteiger partial charge >= 0.3 is 6.03 Å². The van der Waals surface area contributed by atoms with E-state index in [0.29, 0.717) is 19.0 Å². The minimum Gasteiger partial charge on any atom is -0.322 e. The summed E-state index contributed by atoms with van der Waals surface area (Å²) in [5, 5.41) is 0. The summed E-state index contributed by atoms with van der Waals surface area (Å²) in [7, 11) is 0. The Kier molecular flexibility index (Phi) is 3.23. The van der Waals surface area contributed by atoms with Crippen LogP contribution in [0, 0.1) is 0 Å². The van der Waals surface area contributed by atoms with Crippen molar-refractivity contribution in [1.29, 1.82) is 0 Å². The molecule has 4 heteroatoms. The Labute approximate surface area is 90.2 Å². The van der Waals surface area contributed by atoms with Crippen molar-refractivity contribution in [2.24, 2.45) is 0 Å². The highest BCUT2D eigenvalue weighted by Crippen LogP contribution is 2.26. The van der Waals surface area contributed by atoms with E-state index in [2.05, 4.69) is 0 Å². The molecule has 0 aromatic rings. The largest absolute Gasteiger partial charge is 0.322 e. The molecule has 84 valence electrons. The van der Waals surface area contributed by atoms with Gasteiger partial charge in [-0.2, -0.15) is 0 Å². The number of hydrogen-bond donors (Lipinski definition) is 0. The second-order valence-electron chi connectivity index (χ2n) is 4.36. The van der Waals surface area contributed by atoms with E-state index < -0.39 is 0 Å². The van der Waals surface area contributed by atoms with Crippen LogP contribution in [0.1, 0.15) is 32.1 Å². The lowest BCUT2D eigenvalue weighted by Gasteiger charge is -2.23. The van der Waals surface area contributed by atoms with E-state index in [4.69, 9.17) is 0 Å². The number of amides is 2. The van der Waals surface area contributed by atoms with Crippen LogP contribution in [-0.2, 0) is 4.79 Å². The zero-order valence-electron chi connectivity index (χ0n) is 9.02. The van der Waals surface area contributed by atoms with Gasteiger partial charge in [-0.3, -0.25) is 0 Å². The van der Waals surface area contributed by atoms with E-state index in [1.54, 1.807) is 4.90 Å². The van der Waals surface area contributed by atoms with Crippen molar-refractivity contribution in [3.05, 3.63) is 0 Å². The maximum Gasteiger partial charge on any atom is 0.320 e. The van der Waals surface area contributed by atoms with Crippen LogP contribution in [0.25, 0.3) is 0 Å². The molecule has 1 aliphatic carbocycles. The van der Waals surface area contributed by atoms with E-state index in [1.165, 1.54) is 12.8 Å². The minimum atomic E-state index is 0.142. The third kappa shape index (κ3) is 2.13. The van der Waals surface area contributed by atoms with Crippen molar-refractivity contribution in [2.45, 2.75) is 38.1 Å². The molecule has 0 aromatic carbocycles. The summed E-state index contributed by atoms with van der Waals surface area (Å²) in [6, 6.07) is 0.613. The Morgan fingerprint density at radius 1 is 1.27 bits per heavy atom. The minimum absolute atomic E-state index is 0.142. The lowest BCUT2D eigenvalue weighted by atomic mass is 10.2. The van der Waals surface area contributed by atoms with Gasteiger partial charge in [0.05, 0.1) is 0 Å². The zero-order valence-corrected chi connectivity index (χ0v) is 9.02. The summed E-state index contributed by atoms with van der Waals surface area (Å²) in [4.78, 5) is 26.0. The molecule has 4 nitrogen and oxygen atoms in total. The Morgan fingerprint density at radius 2 is 2.00 bits per heavy atom. The molecule has 2 aliphatic rings. The summed E-state index contributed by atoms with van der Waals surface area (Å²) in [6.45, 7) is 2.23. The van der Waals surface area contributed by atoms with Crippen molar-refractivity contribution < 1.29 is 9.59 Å². The third-order valence-electron chi connectivity index (χ3n) is 3.41. The van der Waals surface area contributed by atoms with Crippen LogP contribution in [0.2, 0.25) is 0 Å². The Hall–Kier alpha value is -1.06. The Bertz CT molecular complexity index is 249. The second-order valence-corrected chi connectivity index (χ2v) is 4.36. The fourth-order valence-corrected chi connectivity index (χ4v) is 2.57. The second kappa shape index (κ2) is 4.64. The molecular weight excluding hydrogens is 192 g/mol. The van der Waals surface area contributed by atoms with Crippen molar-refractivity contribution in [2.75, 3.05) is 19.6 Å². The molecule has 15 heavy (non-hydrogen) atoms. The molecule has 0 N–H and O–H groups in total. The van der Waals surface area contributed by atoms with Gasteiger partial charge in [-0.05, 0) is 12.8 Å². The van der Waals surface area contributed by atoms with Gasteiger partial charge in [0.2, 0.25) is 0 Å². The van der Waals surface area contributed by atoms with Gasteiger partial charge in [0, 0.05) is 32.1 Å². The van der Waals surface area contributed by atoms with Gasteiger partial charge in [-0.15, -0.1) is 0 Å². The number of hydrogen-bond acceptors (Lipinski definition) is 2. The summed E-state index contributed by atoms with van der Waals surface area (Å²) in [6.07, 6.45) is 6.17. The van der Waals surface area contributed by atoms with Crippen molar-refractivity contribution in [1.82, 2.24) is 9.80 Å². The predicted octanol–water partition coefficient (Wildman–Crippen LogP) is 1.26. The van der Waals surface area contributed by atoms with E-state index >= 15 is 0 Å².